The second-order valence-electron chi connectivity index (χ2n) is 3.77. The van der Waals surface area contributed by atoms with Gasteiger partial charge in [-0.15, -0.1) is 0 Å². The van der Waals surface area contributed by atoms with Gasteiger partial charge in [-0.25, -0.2) is 8.42 Å². The predicted molar refractivity (Wildman–Crippen MR) is 55.7 cm³/mol. The SMILES string of the molecule is Cc1ccccc1C1C(N)CS1(=O)=O. The van der Waals surface area contributed by atoms with Gasteiger partial charge in [-0.3, -0.25) is 0 Å². The third-order valence-electron chi connectivity index (χ3n) is 2.70. The highest BCUT2D eigenvalue weighted by Gasteiger charge is 2.45. The Labute approximate surface area is 83.9 Å². The molecule has 3 nitrogen and oxygen atoms in total. The van der Waals surface area contributed by atoms with E-state index in [1.807, 2.05) is 31.2 Å². The van der Waals surface area contributed by atoms with Crippen molar-refractivity contribution in [2.24, 2.45) is 5.73 Å². The largest absolute Gasteiger partial charge is 0.325 e. The van der Waals surface area contributed by atoms with Crippen LogP contribution in [0, 0.1) is 6.92 Å². The number of hydrogen-bond donors (Lipinski definition) is 1. The van der Waals surface area contributed by atoms with Crippen molar-refractivity contribution in [3.63, 3.8) is 0 Å². The first-order chi connectivity index (χ1) is 6.52. The Morgan fingerprint density at radius 2 is 2.00 bits per heavy atom. The molecule has 2 rings (SSSR count). The number of aryl methyl sites for hydroxylation is 1. The number of sulfone groups is 1. The fourth-order valence-electron chi connectivity index (χ4n) is 1.93. The van der Waals surface area contributed by atoms with Gasteiger partial charge >= 0.3 is 0 Å². The van der Waals surface area contributed by atoms with Gasteiger partial charge in [0.1, 0.15) is 5.25 Å². The van der Waals surface area contributed by atoms with Gasteiger partial charge in [-0.1, -0.05) is 24.3 Å². The van der Waals surface area contributed by atoms with Crippen LogP contribution in [0.2, 0.25) is 0 Å². The van der Waals surface area contributed by atoms with Crippen molar-refractivity contribution in [3.8, 4) is 0 Å². The second kappa shape index (κ2) is 3.07. The summed E-state index contributed by atoms with van der Waals surface area (Å²) >= 11 is 0. The molecule has 2 N–H and O–H groups in total. The molecule has 1 fully saturated rings. The van der Waals surface area contributed by atoms with Crippen molar-refractivity contribution in [1.29, 1.82) is 0 Å². The molecular weight excluding hydrogens is 198 g/mol. The molecule has 0 aromatic heterocycles. The van der Waals surface area contributed by atoms with Gasteiger partial charge in [0.2, 0.25) is 0 Å². The minimum absolute atomic E-state index is 0.117. The van der Waals surface area contributed by atoms with Crippen molar-refractivity contribution in [2.45, 2.75) is 18.2 Å². The van der Waals surface area contributed by atoms with E-state index in [1.165, 1.54) is 0 Å². The highest BCUT2D eigenvalue weighted by molar-refractivity contribution is 7.93. The molecule has 2 atom stereocenters. The van der Waals surface area contributed by atoms with Crippen LogP contribution in [0.25, 0.3) is 0 Å². The van der Waals surface area contributed by atoms with E-state index in [0.717, 1.165) is 11.1 Å². The standard InChI is InChI=1S/C10H13NO2S/c1-7-4-2-3-5-8(7)10-9(11)6-14(10,12)13/h2-5,9-10H,6,11H2,1H3. The molecule has 0 aliphatic carbocycles. The maximum Gasteiger partial charge on any atom is 0.160 e. The Balaban J connectivity index is 2.46. The highest BCUT2D eigenvalue weighted by atomic mass is 32.2. The van der Waals surface area contributed by atoms with Gasteiger partial charge in [-0.2, -0.15) is 0 Å². The summed E-state index contributed by atoms with van der Waals surface area (Å²) in [7, 11) is -2.97. The van der Waals surface area contributed by atoms with E-state index in [4.69, 9.17) is 5.73 Å². The van der Waals surface area contributed by atoms with Gasteiger partial charge in [-0.05, 0) is 18.1 Å². The molecule has 1 saturated heterocycles. The maximum absolute atomic E-state index is 11.5. The molecule has 1 aliphatic heterocycles. The lowest BCUT2D eigenvalue weighted by Crippen LogP contribution is -2.50. The Morgan fingerprint density at radius 3 is 2.50 bits per heavy atom. The van der Waals surface area contributed by atoms with E-state index in [2.05, 4.69) is 0 Å². The minimum atomic E-state index is -2.97. The molecule has 1 aromatic rings. The molecule has 0 radical (unpaired) electrons. The lowest BCUT2D eigenvalue weighted by atomic mass is 10.0. The Hall–Kier alpha value is -0.870. The van der Waals surface area contributed by atoms with Gasteiger partial charge in [0.05, 0.1) is 5.75 Å². The molecule has 2 unspecified atom stereocenters. The smallest absolute Gasteiger partial charge is 0.160 e. The number of rotatable bonds is 1. The minimum Gasteiger partial charge on any atom is -0.325 e. The molecule has 14 heavy (non-hydrogen) atoms. The predicted octanol–water partition coefficient (Wildman–Crippen LogP) is 0.792. The first-order valence-electron chi connectivity index (χ1n) is 4.55. The molecule has 0 bridgehead atoms. The zero-order chi connectivity index (χ0) is 10.3. The lowest BCUT2D eigenvalue weighted by molar-refractivity contribution is 0.522. The summed E-state index contributed by atoms with van der Waals surface area (Å²) in [6.07, 6.45) is 0. The Kier molecular flexibility index (Phi) is 2.12. The molecule has 1 aliphatic rings. The molecule has 4 heteroatoms. The lowest BCUT2D eigenvalue weighted by Gasteiger charge is -2.34. The van der Waals surface area contributed by atoms with Crippen molar-refractivity contribution in [1.82, 2.24) is 0 Å². The quantitative estimate of drug-likeness (QED) is 0.747. The number of nitrogens with two attached hydrogens (primary N) is 1. The molecular formula is C10H13NO2S. The first-order valence-corrected chi connectivity index (χ1v) is 6.26. The summed E-state index contributed by atoms with van der Waals surface area (Å²) in [5.74, 6) is 0.117. The van der Waals surface area contributed by atoms with Crippen LogP contribution in [0.15, 0.2) is 24.3 Å². The van der Waals surface area contributed by atoms with Crippen LogP contribution in [-0.2, 0) is 9.84 Å². The van der Waals surface area contributed by atoms with E-state index in [-0.39, 0.29) is 11.8 Å². The summed E-state index contributed by atoms with van der Waals surface area (Å²) < 4.78 is 23.0. The van der Waals surface area contributed by atoms with Crippen molar-refractivity contribution in [2.75, 3.05) is 5.75 Å². The molecule has 1 aromatic carbocycles. The molecule has 0 amide bonds. The topological polar surface area (TPSA) is 60.2 Å². The van der Waals surface area contributed by atoms with Crippen molar-refractivity contribution in [3.05, 3.63) is 35.4 Å². The zero-order valence-corrected chi connectivity index (χ0v) is 8.79. The Bertz CT molecular complexity index is 453. The maximum atomic E-state index is 11.5. The normalized spacial score (nSPS) is 29.6. The third kappa shape index (κ3) is 1.35. The highest BCUT2D eigenvalue weighted by Crippen LogP contribution is 2.36. The molecule has 1 heterocycles. The van der Waals surface area contributed by atoms with Crippen LogP contribution >= 0.6 is 0 Å². The average Bonchev–Trinajstić information content (AvgIpc) is 2.07. The molecule has 0 spiro atoms. The van der Waals surface area contributed by atoms with Crippen molar-refractivity contribution >= 4 is 9.84 Å². The summed E-state index contributed by atoms with van der Waals surface area (Å²) in [6.45, 7) is 1.91. The zero-order valence-electron chi connectivity index (χ0n) is 7.97. The fourth-order valence-corrected chi connectivity index (χ4v) is 3.79. The first kappa shape index (κ1) is 9.68. The number of hydrogen-bond acceptors (Lipinski definition) is 3. The molecule has 76 valence electrons. The van der Waals surface area contributed by atoms with Crippen LogP contribution in [0.5, 0.6) is 0 Å². The van der Waals surface area contributed by atoms with E-state index in [0.29, 0.717) is 0 Å². The van der Waals surface area contributed by atoms with Crippen LogP contribution in [-0.4, -0.2) is 20.2 Å². The van der Waals surface area contributed by atoms with E-state index in [9.17, 15) is 8.42 Å². The van der Waals surface area contributed by atoms with Gasteiger partial charge in [0, 0.05) is 6.04 Å². The van der Waals surface area contributed by atoms with E-state index >= 15 is 0 Å². The third-order valence-corrected chi connectivity index (χ3v) is 4.92. The van der Waals surface area contributed by atoms with E-state index in [1.54, 1.807) is 0 Å². The molecule has 0 saturated carbocycles. The van der Waals surface area contributed by atoms with Crippen LogP contribution in [0.4, 0.5) is 0 Å². The van der Waals surface area contributed by atoms with Crippen molar-refractivity contribution < 1.29 is 8.42 Å². The van der Waals surface area contributed by atoms with Crippen LogP contribution in [0.1, 0.15) is 16.4 Å². The average molecular weight is 211 g/mol. The second-order valence-corrected chi connectivity index (χ2v) is 5.94. The summed E-state index contributed by atoms with van der Waals surface area (Å²) in [6, 6.07) is 7.27. The van der Waals surface area contributed by atoms with Crippen LogP contribution in [0.3, 0.4) is 0 Å². The summed E-state index contributed by atoms with van der Waals surface area (Å²) in [5, 5.41) is -0.483. The fraction of sp³-hybridized carbons (Fsp3) is 0.400. The monoisotopic (exact) mass is 211 g/mol. The number of benzene rings is 1. The summed E-state index contributed by atoms with van der Waals surface area (Å²) in [4.78, 5) is 0. The summed E-state index contributed by atoms with van der Waals surface area (Å²) in [5.41, 5.74) is 7.57. The van der Waals surface area contributed by atoms with E-state index < -0.39 is 15.1 Å². The van der Waals surface area contributed by atoms with Gasteiger partial charge < -0.3 is 5.73 Å². The van der Waals surface area contributed by atoms with Gasteiger partial charge in [0.25, 0.3) is 0 Å². The Morgan fingerprint density at radius 1 is 1.36 bits per heavy atom. The van der Waals surface area contributed by atoms with Gasteiger partial charge in [0.15, 0.2) is 9.84 Å². The van der Waals surface area contributed by atoms with Crippen LogP contribution < -0.4 is 5.73 Å².